The Balaban J connectivity index is 0.000000300. The van der Waals surface area contributed by atoms with Crippen molar-refractivity contribution in [3.63, 3.8) is 0 Å². The first-order valence-electron chi connectivity index (χ1n) is 9.51. The molecule has 10 heteroatoms. The Morgan fingerprint density at radius 2 is 1.03 bits per heavy atom. The lowest BCUT2D eigenvalue weighted by Gasteiger charge is -2.25. The third-order valence-corrected chi connectivity index (χ3v) is 3.86. The fraction of sp³-hybridized carbons (Fsp3) is 0.500. The summed E-state index contributed by atoms with van der Waals surface area (Å²) in [6.45, 7) is 9.71. The van der Waals surface area contributed by atoms with Gasteiger partial charge in [-0.15, -0.1) is 0 Å². The maximum atomic E-state index is 11.7. The second kappa shape index (κ2) is 10.5. The maximum absolute atomic E-state index is 11.7. The summed E-state index contributed by atoms with van der Waals surface area (Å²) in [4.78, 5) is 69.8. The van der Waals surface area contributed by atoms with Crippen LogP contribution < -0.4 is 10.6 Å². The Hall–Kier alpha value is -3.30. The van der Waals surface area contributed by atoms with Gasteiger partial charge in [0.2, 0.25) is 23.6 Å². The molecule has 10 nitrogen and oxygen atoms in total. The number of piperazine rings is 2. The van der Waals surface area contributed by atoms with Crippen LogP contribution in [0.5, 0.6) is 0 Å². The number of imide groups is 2. The van der Waals surface area contributed by atoms with E-state index in [9.17, 15) is 28.8 Å². The van der Waals surface area contributed by atoms with E-state index in [1.807, 2.05) is 27.7 Å². The van der Waals surface area contributed by atoms with Gasteiger partial charge in [-0.2, -0.15) is 0 Å². The van der Waals surface area contributed by atoms with Gasteiger partial charge in [-0.25, -0.2) is 0 Å². The quantitative estimate of drug-likeness (QED) is 0.607. The molecule has 2 N–H and O–H groups in total. The van der Waals surface area contributed by atoms with Crippen LogP contribution in [0.25, 0.3) is 0 Å². The molecule has 0 aliphatic carbocycles. The van der Waals surface area contributed by atoms with Crippen molar-refractivity contribution >= 4 is 35.4 Å². The molecule has 0 saturated carbocycles. The number of amides is 6. The van der Waals surface area contributed by atoms with E-state index in [-0.39, 0.29) is 48.1 Å². The molecule has 2 rings (SSSR count). The third kappa shape index (κ3) is 6.94. The van der Waals surface area contributed by atoms with Gasteiger partial charge in [0, 0.05) is 13.8 Å². The minimum Gasteiger partial charge on any atom is -0.320 e. The smallest absolute Gasteiger partial charge is 0.277 e. The van der Waals surface area contributed by atoms with E-state index >= 15 is 0 Å². The van der Waals surface area contributed by atoms with Gasteiger partial charge in [0.05, 0.1) is 0 Å². The zero-order valence-electron chi connectivity index (χ0n) is 18.1. The fourth-order valence-electron chi connectivity index (χ4n) is 2.61. The molecule has 0 spiro atoms. The minimum atomic E-state index is -0.434. The van der Waals surface area contributed by atoms with Gasteiger partial charge in [0.1, 0.15) is 24.5 Å². The largest absolute Gasteiger partial charge is 0.320 e. The van der Waals surface area contributed by atoms with Crippen LogP contribution in [0.1, 0.15) is 41.5 Å². The van der Waals surface area contributed by atoms with Crippen LogP contribution in [0.4, 0.5) is 0 Å². The van der Waals surface area contributed by atoms with E-state index in [1.54, 1.807) is 12.2 Å². The highest BCUT2D eigenvalue weighted by atomic mass is 16.2. The number of carbonyl (C=O) groups is 6. The molecule has 2 fully saturated rings. The Bertz CT molecular complexity index is 757. The monoisotopic (exact) mass is 420 g/mol. The summed E-state index contributed by atoms with van der Waals surface area (Å²) in [5, 5.41) is 4.92. The van der Waals surface area contributed by atoms with Crippen LogP contribution in [0.2, 0.25) is 0 Å². The van der Waals surface area contributed by atoms with E-state index in [2.05, 4.69) is 10.6 Å². The van der Waals surface area contributed by atoms with E-state index in [4.69, 9.17) is 0 Å². The van der Waals surface area contributed by atoms with Crippen LogP contribution >= 0.6 is 0 Å². The summed E-state index contributed by atoms with van der Waals surface area (Å²) in [6.07, 6.45) is 3.27. The molecule has 0 atom stereocenters. The zero-order valence-corrected chi connectivity index (χ0v) is 18.1. The number of rotatable bonds is 2. The van der Waals surface area contributed by atoms with Crippen molar-refractivity contribution in [3.8, 4) is 0 Å². The van der Waals surface area contributed by atoms with Crippen molar-refractivity contribution in [3.05, 3.63) is 23.5 Å². The predicted molar refractivity (Wildman–Crippen MR) is 107 cm³/mol. The van der Waals surface area contributed by atoms with E-state index in [0.717, 1.165) is 9.80 Å². The Morgan fingerprint density at radius 3 is 1.27 bits per heavy atom. The summed E-state index contributed by atoms with van der Waals surface area (Å²) < 4.78 is 0. The third-order valence-electron chi connectivity index (χ3n) is 3.86. The highest BCUT2D eigenvalue weighted by molar-refractivity contribution is 6.11. The number of nitrogens with zero attached hydrogens (tertiary/aromatic N) is 2. The van der Waals surface area contributed by atoms with Gasteiger partial charge >= 0.3 is 0 Å². The van der Waals surface area contributed by atoms with Gasteiger partial charge in [-0.05, 0) is 11.8 Å². The number of nitrogens with one attached hydrogen (secondary N) is 2. The van der Waals surface area contributed by atoms with Crippen molar-refractivity contribution in [2.75, 3.05) is 13.1 Å². The first-order valence-corrected chi connectivity index (χ1v) is 9.51. The van der Waals surface area contributed by atoms with E-state index in [1.165, 1.54) is 13.8 Å². The lowest BCUT2D eigenvalue weighted by atomic mass is 10.1. The van der Waals surface area contributed by atoms with Crippen molar-refractivity contribution in [1.29, 1.82) is 0 Å². The first kappa shape index (κ1) is 24.7. The summed E-state index contributed by atoms with van der Waals surface area (Å²) >= 11 is 0. The summed E-state index contributed by atoms with van der Waals surface area (Å²) in [5.74, 6) is -2.10. The SMILES string of the molecule is CC(=O)N1CC(=O)N/C(=C\C(C)C)C1=O.CC(=O)N1CC(=O)N/C(=C\C(C)C)C1=O. The lowest BCUT2D eigenvalue weighted by molar-refractivity contribution is -0.148. The number of hydrogen-bond acceptors (Lipinski definition) is 6. The van der Waals surface area contributed by atoms with Gasteiger partial charge in [0.15, 0.2) is 0 Å². The lowest BCUT2D eigenvalue weighted by Crippen LogP contribution is -2.51. The average Bonchev–Trinajstić information content (AvgIpc) is 2.59. The molecule has 0 unspecified atom stereocenters. The molecule has 0 aromatic carbocycles. The number of allylic oxidation sites excluding steroid dienone is 2. The highest BCUT2D eigenvalue weighted by Gasteiger charge is 2.31. The Morgan fingerprint density at radius 1 is 0.733 bits per heavy atom. The van der Waals surface area contributed by atoms with Crippen LogP contribution in [-0.2, 0) is 28.8 Å². The molecular formula is C20H28N4O6. The van der Waals surface area contributed by atoms with Crippen LogP contribution in [0.15, 0.2) is 23.5 Å². The molecule has 0 radical (unpaired) electrons. The second-order valence-electron chi connectivity index (χ2n) is 7.57. The molecule has 0 aromatic rings. The first-order chi connectivity index (χ1) is 13.8. The van der Waals surface area contributed by atoms with Gasteiger partial charge in [-0.3, -0.25) is 38.6 Å². The molecule has 0 bridgehead atoms. The van der Waals surface area contributed by atoms with E-state index < -0.39 is 23.6 Å². The summed E-state index contributed by atoms with van der Waals surface area (Å²) in [7, 11) is 0. The minimum absolute atomic E-state index is 0.135. The van der Waals surface area contributed by atoms with Crippen molar-refractivity contribution in [2.24, 2.45) is 11.8 Å². The van der Waals surface area contributed by atoms with Crippen molar-refractivity contribution in [1.82, 2.24) is 20.4 Å². The van der Waals surface area contributed by atoms with Crippen LogP contribution in [-0.4, -0.2) is 58.3 Å². The molecule has 2 aliphatic heterocycles. The van der Waals surface area contributed by atoms with Gasteiger partial charge < -0.3 is 10.6 Å². The Kier molecular flexibility index (Phi) is 8.63. The standard InChI is InChI=1S/2C10H14N2O3/c2*1-6(2)4-8-10(15)12(7(3)13)5-9(14)11-8/h2*4,6H,5H2,1-3H3,(H,11,14)/b2*8-4-. The second-order valence-corrected chi connectivity index (χ2v) is 7.57. The molecule has 2 aliphatic rings. The number of hydrogen-bond donors (Lipinski definition) is 2. The van der Waals surface area contributed by atoms with Gasteiger partial charge in [-0.1, -0.05) is 39.8 Å². The maximum Gasteiger partial charge on any atom is 0.277 e. The molecule has 2 saturated heterocycles. The van der Waals surface area contributed by atoms with E-state index in [0.29, 0.717) is 0 Å². The molecule has 6 amide bonds. The summed E-state index contributed by atoms with van der Waals surface area (Å²) in [5.41, 5.74) is 0.382. The van der Waals surface area contributed by atoms with Crippen LogP contribution in [0.3, 0.4) is 0 Å². The van der Waals surface area contributed by atoms with Crippen molar-refractivity contribution in [2.45, 2.75) is 41.5 Å². The molecule has 164 valence electrons. The Labute approximate surface area is 175 Å². The van der Waals surface area contributed by atoms with Crippen molar-refractivity contribution < 1.29 is 28.8 Å². The molecule has 0 aromatic heterocycles. The topological polar surface area (TPSA) is 133 Å². The van der Waals surface area contributed by atoms with Crippen LogP contribution in [0, 0.1) is 11.8 Å². The molecule has 2 heterocycles. The normalized spacial score (nSPS) is 19.7. The molecule has 30 heavy (non-hydrogen) atoms. The highest BCUT2D eigenvalue weighted by Crippen LogP contribution is 2.10. The summed E-state index contributed by atoms with van der Waals surface area (Å²) in [6, 6.07) is 0. The molecular weight excluding hydrogens is 392 g/mol. The predicted octanol–water partition coefficient (Wildman–Crippen LogP) is 0.0624. The average molecular weight is 420 g/mol. The zero-order chi connectivity index (χ0) is 23.2. The number of carbonyl (C=O) groups excluding carboxylic acids is 6. The van der Waals surface area contributed by atoms with Gasteiger partial charge in [0.25, 0.3) is 11.8 Å². The fourth-order valence-corrected chi connectivity index (χ4v) is 2.61.